The fourth-order valence-corrected chi connectivity index (χ4v) is 2.92. The van der Waals surface area contributed by atoms with Gasteiger partial charge in [-0.3, -0.25) is 15.5 Å². The van der Waals surface area contributed by atoms with E-state index in [4.69, 9.17) is 10.4 Å². The van der Waals surface area contributed by atoms with E-state index in [1.165, 1.54) is 0 Å². The van der Waals surface area contributed by atoms with Gasteiger partial charge in [-0.2, -0.15) is 0 Å². The van der Waals surface area contributed by atoms with Gasteiger partial charge < -0.3 is 5.32 Å². The van der Waals surface area contributed by atoms with Crippen LogP contribution in [0, 0.1) is 8.98 Å². The van der Waals surface area contributed by atoms with Gasteiger partial charge in [0.2, 0.25) is 6.41 Å². The highest BCUT2D eigenvalue weighted by molar-refractivity contribution is 14.1. The number of hydrogen-bond donors (Lipinski definition) is 3. The second-order valence-corrected chi connectivity index (χ2v) is 5.98. The van der Waals surface area contributed by atoms with Crippen molar-refractivity contribution in [3.05, 3.63) is 58.2 Å². The molecule has 1 aromatic heterocycles. The number of nitrogens with zero attached hydrogens (tertiary/aromatic N) is 1. The molecule has 1 heterocycles. The molecule has 5 nitrogen and oxygen atoms in total. The smallest absolute Gasteiger partial charge is 0.213 e. The Morgan fingerprint density at radius 1 is 1.13 bits per heavy atom. The van der Waals surface area contributed by atoms with E-state index in [2.05, 4.69) is 33.2 Å². The van der Waals surface area contributed by atoms with E-state index in [1.807, 2.05) is 54.6 Å². The molecule has 0 radical (unpaired) electrons. The van der Waals surface area contributed by atoms with Gasteiger partial charge in [-0.05, 0) is 34.7 Å². The van der Waals surface area contributed by atoms with Gasteiger partial charge in [0.1, 0.15) is 0 Å². The maximum Gasteiger partial charge on any atom is 0.213 e. The van der Waals surface area contributed by atoms with Gasteiger partial charge in [0.05, 0.1) is 16.9 Å². The van der Waals surface area contributed by atoms with E-state index >= 15 is 0 Å². The van der Waals surface area contributed by atoms with E-state index in [1.54, 1.807) is 0 Å². The average Bonchev–Trinajstić information content (AvgIpc) is 2.56. The lowest BCUT2D eigenvalue weighted by Gasteiger charge is -2.13. The summed E-state index contributed by atoms with van der Waals surface area (Å²) in [4.78, 5) is 15.3. The Bertz CT molecular complexity index is 880. The Hall–Kier alpha value is -2.48. The number of halogens is 1. The van der Waals surface area contributed by atoms with Gasteiger partial charge >= 0.3 is 0 Å². The molecule has 0 unspecified atom stereocenters. The normalized spacial score (nSPS) is 10.3. The van der Waals surface area contributed by atoms with Crippen LogP contribution in [0.2, 0.25) is 0 Å². The second-order valence-electron chi connectivity index (χ2n) is 4.82. The molecule has 0 saturated heterocycles. The van der Waals surface area contributed by atoms with E-state index in [9.17, 15) is 4.79 Å². The molecule has 0 aliphatic heterocycles. The highest BCUT2D eigenvalue weighted by Gasteiger charge is 2.10. The number of fused-ring (bicyclic) bond motifs is 1. The van der Waals surface area contributed by atoms with Gasteiger partial charge in [-0.15, -0.1) is 0 Å². The molecule has 3 rings (SSSR count). The Morgan fingerprint density at radius 2 is 1.91 bits per heavy atom. The minimum atomic E-state index is -0.0784. The van der Waals surface area contributed by atoms with Gasteiger partial charge in [-0.1, -0.05) is 42.5 Å². The van der Waals surface area contributed by atoms with Gasteiger partial charge in [-0.25, -0.2) is 4.98 Å². The number of pyridine rings is 1. The molecule has 0 bridgehead atoms. The molecule has 0 aliphatic rings. The Labute approximate surface area is 146 Å². The van der Waals surface area contributed by atoms with Crippen LogP contribution in [0.3, 0.4) is 0 Å². The number of guanidine groups is 1. The minimum Gasteiger partial charge on any atom is -0.325 e. The molecule has 0 fully saturated rings. The van der Waals surface area contributed by atoms with Crippen LogP contribution in [0.25, 0.3) is 22.2 Å². The first-order valence-corrected chi connectivity index (χ1v) is 7.97. The number of hydrogen-bond acceptors (Lipinski definition) is 3. The van der Waals surface area contributed by atoms with Crippen LogP contribution in [0.15, 0.2) is 54.6 Å². The standard InChI is InChI=1S/C17H13IN4O/c18-13-8-4-7-12-15(22-17(19)20-10-23)9-14(21-16(12)13)11-5-2-1-3-6-11/h1-10H,(H3,19,20,21,22,23). The summed E-state index contributed by atoms with van der Waals surface area (Å²) in [5.74, 6) is -0.0784. The molecule has 114 valence electrons. The van der Waals surface area contributed by atoms with Crippen molar-refractivity contribution in [2.75, 3.05) is 5.32 Å². The first-order valence-electron chi connectivity index (χ1n) is 6.89. The maximum absolute atomic E-state index is 10.5. The lowest BCUT2D eigenvalue weighted by atomic mass is 10.1. The molecular formula is C17H13IN4O. The zero-order chi connectivity index (χ0) is 16.2. The molecule has 0 saturated carbocycles. The number of anilines is 1. The molecule has 6 heteroatoms. The fourth-order valence-electron chi connectivity index (χ4n) is 2.30. The predicted octanol–water partition coefficient (Wildman–Crippen LogP) is 3.60. The van der Waals surface area contributed by atoms with E-state index in [-0.39, 0.29) is 5.96 Å². The molecule has 0 spiro atoms. The highest BCUT2D eigenvalue weighted by Crippen LogP contribution is 2.30. The molecule has 0 aliphatic carbocycles. The molecule has 3 N–H and O–H groups in total. The van der Waals surface area contributed by atoms with Crippen molar-refractivity contribution in [2.24, 2.45) is 0 Å². The largest absolute Gasteiger partial charge is 0.325 e. The second kappa shape index (κ2) is 6.74. The Balaban J connectivity index is 2.18. The number of carbonyl (C=O) groups excluding carboxylic acids is 1. The molecule has 1 amide bonds. The highest BCUT2D eigenvalue weighted by atomic mass is 127. The molecule has 3 aromatic rings. The number of para-hydroxylation sites is 1. The topological polar surface area (TPSA) is 77.9 Å². The van der Waals surface area contributed by atoms with Crippen molar-refractivity contribution >= 4 is 51.6 Å². The number of nitrogens with one attached hydrogen (secondary N) is 3. The first kappa shape index (κ1) is 15.4. The van der Waals surface area contributed by atoms with Crippen LogP contribution in [-0.4, -0.2) is 17.4 Å². The van der Waals surface area contributed by atoms with E-state index < -0.39 is 0 Å². The lowest BCUT2D eigenvalue weighted by Crippen LogP contribution is -2.28. The summed E-state index contributed by atoms with van der Waals surface area (Å²) in [5.41, 5.74) is 3.39. The van der Waals surface area contributed by atoms with Crippen LogP contribution in [0.1, 0.15) is 0 Å². The number of aromatic nitrogens is 1. The number of amides is 1. The summed E-state index contributed by atoms with van der Waals surface area (Å²) < 4.78 is 1.02. The van der Waals surface area contributed by atoms with E-state index in [0.29, 0.717) is 6.41 Å². The van der Waals surface area contributed by atoms with Gasteiger partial charge in [0.15, 0.2) is 5.96 Å². The van der Waals surface area contributed by atoms with Crippen molar-refractivity contribution in [3.63, 3.8) is 0 Å². The van der Waals surface area contributed by atoms with Crippen LogP contribution >= 0.6 is 22.6 Å². The summed E-state index contributed by atoms with van der Waals surface area (Å²) in [6.45, 7) is 0. The van der Waals surface area contributed by atoms with Crippen LogP contribution < -0.4 is 10.6 Å². The SMILES string of the molecule is N=C(NC=O)Nc1cc(-c2ccccc2)nc2c(I)cccc12. The lowest BCUT2D eigenvalue weighted by molar-refractivity contribution is -0.108. The third-order valence-electron chi connectivity index (χ3n) is 3.32. The zero-order valence-electron chi connectivity index (χ0n) is 12.0. The molecule has 2 aromatic carbocycles. The van der Waals surface area contributed by atoms with Crippen LogP contribution in [0.4, 0.5) is 5.69 Å². The van der Waals surface area contributed by atoms with Crippen molar-refractivity contribution in [3.8, 4) is 11.3 Å². The van der Waals surface area contributed by atoms with Crippen LogP contribution in [0.5, 0.6) is 0 Å². The Morgan fingerprint density at radius 3 is 2.65 bits per heavy atom. The monoisotopic (exact) mass is 416 g/mol. The van der Waals surface area contributed by atoms with Crippen LogP contribution in [-0.2, 0) is 4.79 Å². The number of benzene rings is 2. The quantitative estimate of drug-likeness (QED) is 0.264. The minimum absolute atomic E-state index is 0.0784. The van der Waals surface area contributed by atoms with E-state index in [0.717, 1.165) is 31.4 Å². The third-order valence-corrected chi connectivity index (χ3v) is 4.19. The molecule has 23 heavy (non-hydrogen) atoms. The first-order chi connectivity index (χ1) is 11.2. The van der Waals surface area contributed by atoms with Gasteiger partial charge in [0.25, 0.3) is 0 Å². The average molecular weight is 416 g/mol. The fraction of sp³-hybridized carbons (Fsp3) is 0. The predicted molar refractivity (Wildman–Crippen MR) is 100 cm³/mol. The Kier molecular flexibility index (Phi) is 4.52. The maximum atomic E-state index is 10.5. The van der Waals surface area contributed by atoms with Crippen molar-refractivity contribution in [1.82, 2.24) is 10.3 Å². The summed E-state index contributed by atoms with van der Waals surface area (Å²) in [7, 11) is 0. The van der Waals surface area contributed by atoms with Gasteiger partial charge in [0, 0.05) is 14.5 Å². The molecule has 0 atom stereocenters. The summed E-state index contributed by atoms with van der Waals surface area (Å²) >= 11 is 2.25. The van der Waals surface area contributed by atoms with Crippen molar-refractivity contribution < 1.29 is 4.79 Å². The number of carbonyl (C=O) groups is 1. The third kappa shape index (κ3) is 3.31. The van der Waals surface area contributed by atoms with Crippen molar-refractivity contribution in [2.45, 2.75) is 0 Å². The zero-order valence-corrected chi connectivity index (χ0v) is 14.2. The number of rotatable bonds is 3. The summed E-state index contributed by atoms with van der Waals surface area (Å²) in [5, 5.41) is 13.9. The summed E-state index contributed by atoms with van der Waals surface area (Å²) in [6.07, 6.45) is 0.473. The summed E-state index contributed by atoms with van der Waals surface area (Å²) in [6, 6.07) is 17.6. The van der Waals surface area contributed by atoms with Crippen molar-refractivity contribution in [1.29, 1.82) is 5.41 Å². The molecular weight excluding hydrogens is 403 g/mol.